The Kier molecular flexibility index (Phi) is 9.51. The Morgan fingerprint density at radius 2 is 1.56 bits per heavy atom. The number of hydrogen-bond acceptors (Lipinski definition) is 3. The molecule has 1 N–H and O–H groups in total. The van der Waals surface area contributed by atoms with Crippen molar-refractivity contribution in [3.8, 4) is 11.5 Å². The van der Waals surface area contributed by atoms with Crippen LogP contribution in [0.15, 0.2) is 48.5 Å². The van der Waals surface area contributed by atoms with Gasteiger partial charge in [0.25, 0.3) is 0 Å². The summed E-state index contributed by atoms with van der Waals surface area (Å²) in [7, 11) is 1.71. The fraction of sp³-hybridized carbons (Fsp3) is 0.478. The Bertz CT molecular complexity index is 655. The highest BCUT2D eigenvalue weighted by Crippen LogP contribution is 2.29. The molecular weight excluding hydrogens is 358 g/mol. The number of hydrogen-bond donors (Lipinski definition) is 1. The summed E-state index contributed by atoms with van der Waals surface area (Å²) in [5.74, 6) is 1.60. The fourth-order valence-corrected chi connectivity index (χ4v) is 3.60. The smallest absolute Gasteiger partial charge is 0.161 e. The standard InChI is InChI=1S/C23H31NO2.ClH/c1-25-23-16-20(17-24-21-12-8-3-2-4-9-13-21)14-15-22(23)26-18-19-10-6-5-7-11-19;/h5-7,10-11,14-16,21,24H,2-4,8-9,12-13,17-18H2,1H3;1H. The van der Waals surface area contributed by atoms with Crippen LogP contribution < -0.4 is 14.8 Å². The molecule has 1 aliphatic carbocycles. The number of ether oxygens (including phenoxy) is 2. The van der Waals surface area contributed by atoms with E-state index in [-0.39, 0.29) is 12.4 Å². The predicted octanol–water partition coefficient (Wildman–Crippen LogP) is 5.90. The zero-order chi connectivity index (χ0) is 18.0. The van der Waals surface area contributed by atoms with E-state index >= 15 is 0 Å². The number of nitrogens with one attached hydrogen (secondary N) is 1. The van der Waals surface area contributed by atoms with Gasteiger partial charge >= 0.3 is 0 Å². The van der Waals surface area contributed by atoms with Crippen molar-refractivity contribution in [1.29, 1.82) is 0 Å². The molecule has 0 amide bonds. The quantitative estimate of drug-likeness (QED) is 0.639. The van der Waals surface area contributed by atoms with E-state index in [4.69, 9.17) is 9.47 Å². The molecule has 0 aromatic heterocycles. The third-order valence-electron chi connectivity index (χ3n) is 5.17. The maximum Gasteiger partial charge on any atom is 0.161 e. The second-order valence-electron chi connectivity index (χ2n) is 7.18. The van der Waals surface area contributed by atoms with Gasteiger partial charge in [-0.2, -0.15) is 0 Å². The van der Waals surface area contributed by atoms with Crippen molar-refractivity contribution >= 4 is 12.4 Å². The first-order valence-corrected chi connectivity index (χ1v) is 9.92. The second kappa shape index (κ2) is 11.9. The molecule has 27 heavy (non-hydrogen) atoms. The normalized spacial score (nSPS) is 15.3. The van der Waals surface area contributed by atoms with Crippen molar-refractivity contribution in [2.45, 2.75) is 64.1 Å². The molecule has 3 rings (SSSR count). The van der Waals surface area contributed by atoms with Gasteiger partial charge in [-0.3, -0.25) is 0 Å². The van der Waals surface area contributed by atoms with Crippen molar-refractivity contribution in [1.82, 2.24) is 5.32 Å². The minimum atomic E-state index is 0. The zero-order valence-corrected chi connectivity index (χ0v) is 17.1. The molecule has 0 unspecified atom stereocenters. The zero-order valence-electron chi connectivity index (χ0n) is 16.3. The SMILES string of the molecule is COc1cc(CNC2CCCCCCC2)ccc1OCc1ccccc1.Cl. The van der Waals surface area contributed by atoms with Crippen molar-refractivity contribution < 1.29 is 9.47 Å². The molecule has 1 fully saturated rings. The lowest BCUT2D eigenvalue weighted by atomic mass is 9.96. The molecule has 0 radical (unpaired) electrons. The van der Waals surface area contributed by atoms with Crippen LogP contribution in [0.5, 0.6) is 11.5 Å². The van der Waals surface area contributed by atoms with Crippen molar-refractivity contribution in [2.24, 2.45) is 0 Å². The molecule has 148 valence electrons. The fourth-order valence-electron chi connectivity index (χ4n) is 3.60. The van der Waals surface area contributed by atoms with E-state index in [0.717, 1.165) is 23.6 Å². The molecule has 3 nitrogen and oxygen atoms in total. The minimum absolute atomic E-state index is 0. The van der Waals surface area contributed by atoms with Gasteiger partial charge in [0, 0.05) is 12.6 Å². The Labute approximate surface area is 169 Å². The topological polar surface area (TPSA) is 30.5 Å². The van der Waals surface area contributed by atoms with Gasteiger partial charge < -0.3 is 14.8 Å². The summed E-state index contributed by atoms with van der Waals surface area (Å²) >= 11 is 0. The van der Waals surface area contributed by atoms with Gasteiger partial charge in [-0.05, 0) is 36.1 Å². The largest absolute Gasteiger partial charge is 0.493 e. The molecule has 0 spiro atoms. The molecule has 0 saturated heterocycles. The van der Waals surface area contributed by atoms with Crippen LogP contribution in [0.1, 0.15) is 56.1 Å². The lowest BCUT2D eigenvalue weighted by molar-refractivity contribution is 0.284. The van der Waals surface area contributed by atoms with Crippen LogP contribution in [0.4, 0.5) is 0 Å². The lowest BCUT2D eigenvalue weighted by Crippen LogP contribution is -2.29. The highest BCUT2D eigenvalue weighted by Gasteiger charge is 2.12. The third kappa shape index (κ3) is 7.08. The van der Waals surface area contributed by atoms with Crippen molar-refractivity contribution in [3.63, 3.8) is 0 Å². The first kappa shape index (κ1) is 21.6. The number of halogens is 1. The number of benzene rings is 2. The van der Waals surface area contributed by atoms with Gasteiger partial charge in [0.2, 0.25) is 0 Å². The Balaban J connectivity index is 0.00000261. The summed E-state index contributed by atoms with van der Waals surface area (Å²) < 4.78 is 11.5. The summed E-state index contributed by atoms with van der Waals surface area (Å²) in [6, 6.07) is 17.1. The summed E-state index contributed by atoms with van der Waals surface area (Å²) in [6.07, 6.45) is 9.50. The van der Waals surface area contributed by atoms with E-state index in [0.29, 0.717) is 12.6 Å². The molecule has 0 bridgehead atoms. The lowest BCUT2D eigenvalue weighted by Gasteiger charge is -2.21. The number of rotatable bonds is 7. The van der Waals surface area contributed by atoms with Gasteiger partial charge in [0.15, 0.2) is 11.5 Å². The number of methoxy groups -OCH3 is 1. The summed E-state index contributed by atoms with van der Waals surface area (Å²) in [4.78, 5) is 0. The van der Waals surface area contributed by atoms with Crippen LogP contribution in [0.3, 0.4) is 0 Å². The first-order valence-electron chi connectivity index (χ1n) is 9.92. The summed E-state index contributed by atoms with van der Waals surface area (Å²) in [5.41, 5.74) is 2.40. The Morgan fingerprint density at radius 3 is 2.26 bits per heavy atom. The molecular formula is C23H32ClNO2. The third-order valence-corrected chi connectivity index (χ3v) is 5.17. The minimum Gasteiger partial charge on any atom is -0.493 e. The molecule has 1 aliphatic rings. The molecule has 0 aliphatic heterocycles. The van der Waals surface area contributed by atoms with E-state index in [2.05, 4.69) is 29.6 Å². The first-order chi connectivity index (χ1) is 12.8. The molecule has 2 aromatic carbocycles. The van der Waals surface area contributed by atoms with E-state index in [9.17, 15) is 0 Å². The van der Waals surface area contributed by atoms with Gasteiger partial charge in [-0.1, -0.05) is 68.5 Å². The molecule has 2 aromatic rings. The summed E-state index contributed by atoms with van der Waals surface area (Å²) in [5, 5.41) is 3.74. The highest BCUT2D eigenvalue weighted by molar-refractivity contribution is 5.85. The van der Waals surface area contributed by atoms with Crippen molar-refractivity contribution in [2.75, 3.05) is 7.11 Å². The van der Waals surface area contributed by atoms with Gasteiger partial charge in [0.05, 0.1) is 7.11 Å². The van der Waals surface area contributed by atoms with Crippen molar-refractivity contribution in [3.05, 3.63) is 59.7 Å². The van der Waals surface area contributed by atoms with Gasteiger partial charge in [-0.15, -0.1) is 12.4 Å². The van der Waals surface area contributed by atoms with Crippen LogP contribution >= 0.6 is 12.4 Å². The Hall–Kier alpha value is -1.71. The molecule has 0 heterocycles. The van der Waals surface area contributed by atoms with Gasteiger partial charge in [-0.25, -0.2) is 0 Å². The summed E-state index contributed by atoms with van der Waals surface area (Å²) in [6.45, 7) is 1.44. The van der Waals surface area contributed by atoms with Crippen LogP contribution in [-0.2, 0) is 13.2 Å². The predicted molar refractivity (Wildman–Crippen MR) is 114 cm³/mol. The maximum absolute atomic E-state index is 5.95. The van der Waals surface area contributed by atoms with E-state index in [1.807, 2.05) is 24.3 Å². The van der Waals surface area contributed by atoms with Crippen LogP contribution in [0.2, 0.25) is 0 Å². The molecule has 4 heteroatoms. The Morgan fingerprint density at radius 1 is 0.852 bits per heavy atom. The second-order valence-corrected chi connectivity index (χ2v) is 7.18. The van der Waals surface area contributed by atoms with Gasteiger partial charge in [0.1, 0.15) is 6.61 Å². The van der Waals surface area contributed by atoms with Crippen LogP contribution in [0, 0.1) is 0 Å². The highest BCUT2D eigenvalue weighted by atomic mass is 35.5. The molecule has 1 saturated carbocycles. The van der Waals surface area contributed by atoms with E-state index in [1.165, 1.54) is 50.5 Å². The van der Waals surface area contributed by atoms with Crippen LogP contribution in [-0.4, -0.2) is 13.2 Å². The average molecular weight is 390 g/mol. The average Bonchev–Trinajstić information content (AvgIpc) is 2.66. The monoisotopic (exact) mass is 389 g/mol. The van der Waals surface area contributed by atoms with E-state index in [1.54, 1.807) is 7.11 Å². The maximum atomic E-state index is 5.95. The van der Waals surface area contributed by atoms with E-state index < -0.39 is 0 Å². The van der Waals surface area contributed by atoms with Crippen LogP contribution in [0.25, 0.3) is 0 Å². The molecule has 0 atom stereocenters.